The number of benzene rings is 3. The maximum absolute atomic E-state index is 12.9. The molecule has 0 unspecified atom stereocenters. The van der Waals surface area contributed by atoms with E-state index < -0.39 is 0 Å². The summed E-state index contributed by atoms with van der Waals surface area (Å²) >= 11 is 5.91. The van der Waals surface area contributed by atoms with Crippen molar-refractivity contribution in [2.75, 3.05) is 0 Å². The Morgan fingerprint density at radius 2 is 1.64 bits per heavy atom. The van der Waals surface area contributed by atoms with Crippen LogP contribution in [0.5, 0.6) is 0 Å². The molecular weight excluding hydrogens is 296 g/mol. The van der Waals surface area contributed by atoms with Gasteiger partial charge in [0.2, 0.25) is 5.43 Å². The van der Waals surface area contributed by atoms with Crippen LogP contribution >= 0.6 is 11.6 Å². The molecule has 3 heteroatoms. The second-order valence-electron chi connectivity index (χ2n) is 5.15. The van der Waals surface area contributed by atoms with Crippen molar-refractivity contribution in [2.45, 2.75) is 0 Å². The average molecular weight is 307 g/mol. The maximum Gasteiger partial charge on any atom is 0.201 e. The van der Waals surface area contributed by atoms with Crippen LogP contribution in [0.25, 0.3) is 32.9 Å². The minimum Gasteiger partial charge on any atom is -0.463 e. The summed E-state index contributed by atoms with van der Waals surface area (Å²) in [6.07, 6.45) is 1.52. The summed E-state index contributed by atoms with van der Waals surface area (Å²) in [5.74, 6) is 0. The molecule has 4 rings (SSSR count). The third-order valence-corrected chi connectivity index (χ3v) is 4.07. The minimum absolute atomic E-state index is 0.0274. The van der Waals surface area contributed by atoms with Crippen LogP contribution in [-0.4, -0.2) is 0 Å². The van der Waals surface area contributed by atoms with Gasteiger partial charge in [0.05, 0.1) is 10.9 Å². The van der Waals surface area contributed by atoms with Crippen molar-refractivity contribution in [1.82, 2.24) is 0 Å². The van der Waals surface area contributed by atoms with Gasteiger partial charge in [-0.15, -0.1) is 0 Å². The average Bonchev–Trinajstić information content (AvgIpc) is 2.56. The van der Waals surface area contributed by atoms with Crippen LogP contribution in [0.3, 0.4) is 0 Å². The van der Waals surface area contributed by atoms with Crippen molar-refractivity contribution >= 4 is 33.3 Å². The Morgan fingerprint density at radius 1 is 0.864 bits per heavy atom. The highest BCUT2D eigenvalue weighted by Crippen LogP contribution is 2.26. The molecule has 0 bridgehead atoms. The van der Waals surface area contributed by atoms with Gasteiger partial charge in [0.15, 0.2) is 0 Å². The zero-order chi connectivity index (χ0) is 15.1. The fourth-order valence-electron chi connectivity index (χ4n) is 2.72. The summed E-state index contributed by atoms with van der Waals surface area (Å²) in [4.78, 5) is 12.9. The summed E-state index contributed by atoms with van der Waals surface area (Å²) in [7, 11) is 0. The lowest BCUT2D eigenvalue weighted by Crippen LogP contribution is -2.05. The molecule has 106 valence electrons. The largest absolute Gasteiger partial charge is 0.463 e. The number of halogens is 1. The third-order valence-electron chi connectivity index (χ3n) is 3.82. The zero-order valence-electron chi connectivity index (χ0n) is 11.5. The van der Waals surface area contributed by atoms with Crippen LogP contribution < -0.4 is 5.43 Å². The number of fused-ring (bicyclic) bond motifs is 3. The molecule has 0 radical (unpaired) electrons. The van der Waals surface area contributed by atoms with Crippen molar-refractivity contribution in [1.29, 1.82) is 0 Å². The van der Waals surface area contributed by atoms with Crippen molar-refractivity contribution in [3.8, 4) is 11.1 Å². The van der Waals surface area contributed by atoms with Crippen molar-refractivity contribution < 1.29 is 4.42 Å². The van der Waals surface area contributed by atoms with E-state index in [1.54, 1.807) is 12.1 Å². The molecule has 22 heavy (non-hydrogen) atoms. The number of rotatable bonds is 1. The molecule has 1 aromatic heterocycles. The molecule has 0 aliphatic rings. The van der Waals surface area contributed by atoms with Gasteiger partial charge in [-0.1, -0.05) is 54.1 Å². The van der Waals surface area contributed by atoms with Crippen molar-refractivity contribution in [2.24, 2.45) is 0 Å². The first-order valence-corrected chi connectivity index (χ1v) is 7.31. The van der Waals surface area contributed by atoms with Crippen LogP contribution in [0.2, 0.25) is 5.02 Å². The van der Waals surface area contributed by atoms with E-state index in [2.05, 4.69) is 0 Å². The molecule has 0 aliphatic carbocycles. The van der Waals surface area contributed by atoms with E-state index in [4.69, 9.17) is 16.0 Å². The summed E-state index contributed by atoms with van der Waals surface area (Å²) in [6, 6.07) is 18.8. The Hall–Kier alpha value is -2.58. The molecule has 0 N–H and O–H groups in total. The van der Waals surface area contributed by atoms with Crippen LogP contribution in [-0.2, 0) is 0 Å². The second kappa shape index (κ2) is 5.00. The van der Waals surface area contributed by atoms with E-state index in [1.165, 1.54) is 6.26 Å². The van der Waals surface area contributed by atoms with E-state index in [9.17, 15) is 4.79 Å². The number of hydrogen-bond donors (Lipinski definition) is 0. The predicted molar refractivity (Wildman–Crippen MR) is 90.4 cm³/mol. The Bertz CT molecular complexity index is 1050. The monoisotopic (exact) mass is 306 g/mol. The van der Waals surface area contributed by atoms with Crippen LogP contribution in [0.4, 0.5) is 0 Å². The normalized spacial score (nSPS) is 11.1. The molecule has 0 saturated heterocycles. The highest BCUT2D eigenvalue weighted by molar-refractivity contribution is 6.30. The fourth-order valence-corrected chi connectivity index (χ4v) is 2.85. The minimum atomic E-state index is -0.0274. The first kappa shape index (κ1) is 13.1. The van der Waals surface area contributed by atoms with Gasteiger partial charge in [0.1, 0.15) is 11.8 Å². The van der Waals surface area contributed by atoms with E-state index in [0.29, 0.717) is 21.6 Å². The van der Waals surface area contributed by atoms with Crippen LogP contribution in [0.1, 0.15) is 0 Å². The van der Waals surface area contributed by atoms with Gasteiger partial charge < -0.3 is 4.42 Å². The quantitative estimate of drug-likeness (QED) is 0.449. The molecule has 0 amide bonds. The lowest BCUT2D eigenvalue weighted by Gasteiger charge is -2.05. The third kappa shape index (κ3) is 2.00. The standard InChI is InChI=1S/C19H11ClO2/c20-14-8-5-13(6-9-14)16-11-22-17-10-7-12-3-1-2-4-15(12)18(17)19(16)21/h1-11H. The van der Waals surface area contributed by atoms with Gasteiger partial charge in [-0.05, 0) is 34.5 Å². The van der Waals surface area contributed by atoms with Crippen molar-refractivity contribution in [3.05, 3.63) is 82.2 Å². The fraction of sp³-hybridized carbons (Fsp3) is 0. The molecule has 0 atom stereocenters. The summed E-state index contributed by atoms with van der Waals surface area (Å²) < 4.78 is 5.68. The first-order chi connectivity index (χ1) is 10.7. The maximum atomic E-state index is 12.9. The van der Waals surface area contributed by atoms with E-state index in [-0.39, 0.29) is 5.43 Å². The highest BCUT2D eigenvalue weighted by Gasteiger charge is 2.11. The molecule has 0 spiro atoms. The van der Waals surface area contributed by atoms with Crippen LogP contribution in [0, 0.1) is 0 Å². The molecule has 4 aromatic rings. The second-order valence-corrected chi connectivity index (χ2v) is 5.58. The van der Waals surface area contributed by atoms with Crippen molar-refractivity contribution in [3.63, 3.8) is 0 Å². The van der Waals surface area contributed by atoms with Gasteiger partial charge in [-0.25, -0.2) is 0 Å². The molecule has 2 nitrogen and oxygen atoms in total. The smallest absolute Gasteiger partial charge is 0.201 e. The Kier molecular flexibility index (Phi) is 2.98. The van der Waals surface area contributed by atoms with Gasteiger partial charge in [-0.3, -0.25) is 4.79 Å². The van der Waals surface area contributed by atoms with E-state index >= 15 is 0 Å². The topological polar surface area (TPSA) is 30.2 Å². The lowest BCUT2D eigenvalue weighted by molar-refractivity contribution is 0.605. The molecule has 3 aromatic carbocycles. The molecule has 0 aliphatic heterocycles. The molecule has 0 saturated carbocycles. The lowest BCUT2D eigenvalue weighted by atomic mass is 10.0. The Morgan fingerprint density at radius 3 is 2.45 bits per heavy atom. The van der Waals surface area contributed by atoms with Gasteiger partial charge in [0.25, 0.3) is 0 Å². The molecule has 1 heterocycles. The van der Waals surface area contributed by atoms with Gasteiger partial charge in [-0.2, -0.15) is 0 Å². The SMILES string of the molecule is O=c1c(-c2ccc(Cl)cc2)coc2ccc3ccccc3c12. The molecule has 0 fully saturated rings. The first-order valence-electron chi connectivity index (χ1n) is 6.93. The van der Waals surface area contributed by atoms with E-state index in [0.717, 1.165) is 16.3 Å². The number of hydrogen-bond acceptors (Lipinski definition) is 2. The molecular formula is C19H11ClO2. The van der Waals surface area contributed by atoms with Gasteiger partial charge in [0, 0.05) is 5.02 Å². The Labute approximate surface area is 131 Å². The predicted octanol–water partition coefficient (Wildman–Crippen LogP) is 5.27. The summed E-state index contributed by atoms with van der Waals surface area (Å²) in [5.41, 5.74) is 1.91. The van der Waals surface area contributed by atoms with E-state index in [1.807, 2.05) is 48.5 Å². The van der Waals surface area contributed by atoms with Crippen LogP contribution in [0.15, 0.2) is 76.1 Å². The zero-order valence-corrected chi connectivity index (χ0v) is 12.3. The summed E-state index contributed by atoms with van der Waals surface area (Å²) in [6.45, 7) is 0. The highest BCUT2D eigenvalue weighted by atomic mass is 35.5. The Balaban J connectivity index is 2.10. The van der Waals surface area contributed by atoms with Gasteiger partial charge >= 0.3 is 0 Å². The summed E-state index contributed by atoms with van der Waals surface area (Å²) in [5, 5.41) is 3.19.